The van der Waals surface area contributed by atoms with Gasteiger partial charge in [0.15, 0.2) is 0 Å². The molecule has 1 amide bonds. The van der Waals surface area contributed by atoms with E-state index < -0.39 is 13.7 Å². The zero-order chi connectivity index (χ0) is 26.5. The Bertz CT molecular complexity index is 1100. The molecule has 1 aliphatic heterocycles. The van der Waals surface area contributed by atoms with Crippen LogP contribution in [0.3, 0.4) is 0 Å². The van der Waals surface area contributed by atoms with E-state index in [0.717, 1.165) is 41.3 Å². The first kappa shape index (κ1) is 27.9. The van der Waals surface area contributed by atoms with E-state index in [1.807, 2.05) is 39.0 Å². The van der Waals surface area contributed by atoms with Crippen LogP contribution in [-0.2, 0) is 25.7 Å². The molecular formula is C27H41N3O5Si. The fourth-order valence-corrected chi connectivity index (χ4v) is 4.88. The summed E-state index contributed by atoms with van der Waals surface area (Å²) in [4.78, 5) is 31.5. The number of aromatic nitrogens is 2. The van der Waals surface area contributed by atoms with E-state index in [2.05, 4.69) is 24.2 Å². The maximum Gasteiger partial charge on any atom is 0.410 e. The van der Waals surface area contributed by atoms with Crippen LogP contribution in [0.2, 0.25) is 25.7 Å². The summed E-state index contributed by atoms with van der Waals surface area (Å²) in [5.41, 5.74) is 2.01. The molecule has 1 aliphatic rings. The second-order valence-corrected chi connectivity index (χ2v) is 17.0. The fraction of sp³-hybridized carbons (Fsp3) is 0.593. The van der Waals surface area contributed by atoms with Crippen LogP contribution < -0.4 is 0 Å². The molecule has 8 nitrogen and oxygen atoms in total. The molecule has 0 radical (unpaired) electrons. The minimum atomic E-state index is -1.22. The van der Waals surface area contributed by atoms with Gasteiger partial charge in [-0.15, -0.1) is 0 Å². The average Bonchev–Trinajstić information content (AvgIpc) is 3.38. The predicted octanol–water partition coefficient (Wildman–Crippen LogP) is 6.00. The highest BCUT2D eigenvalue weighted by Crippen LogP contribution is 2.35. The van der Waals surface area contributed by atoms with Crippen LogP contribution >= 0.6 is 0 Å². The van der Waals surface area contributed by atoms with E-state index in [-0.39, 0.29) is 18.1 Å². The molecule has 0 saturated carbocycles. The first-order valence-electron chi connectivity index (χ1n) is 12.8. The molecule has 1 unspecified atom stereocenters. The van der Waals surface area contributed by atoms with E-state index in [1.165, 1.54) is 6.08 Å². The van der Waals surface area contributed by atoms with Gasteiger partial charge in [-0.1, -0.05) is 25.7 Å². The van der Waals surface area contributed by atoms with Gasteiger partial charge in [0.1, 0.15) is 18.2 Å². The van der Waals surface area contributed by atoms with Gasteiger partial charge in [-0.05, 0) is 70.4 Å². The second kappa shape index (κ2) is 11.6. The molecule has 0 aliphatic carbocycles. The fourth-order valence-electron chi connectivity index (χ4n) is 4.12. The van der Waals surface area contributed by atoms with Gasteiger partial charge in [0.05, 0.1) is 23.7 Å². The highest BCUT2D eigenvalue weighted by Gasteiger charge is 2.36. The molecule has 36 heavy (non-hydrogen) atoms. The average molecular weight is 516 g/mol. The Balaban J connectivity index is 1.93. The second-order valence-electron chi connectivity index (χ2n) is 11.4. The van der Waals surface area contributed by atoms with Gasteiger partial charge in [-0.3, -0.25) is 4.90 Å². The lowest BCUT2D eigenvalue weighted by Crippen LogP contribution is -2.37. The number of esters is 1. The van der Waals surface area contributed by atoms with E-state index in [0.29, 0.717) is 26.5 Å². The number of hydrogen-bond donors (Lipinski definition) is 0. The van der Waals surface area contributed by atoms with Crippen molar-refractivity contribution in [1.82, 2.24) is 14.5 Å². The van der Waals surface area contributed by atoms with Crippen molar-refractivity contribution >= 4 is 37.2 Å². The van der Waals surface area contributed by atoms with Crippen molar-refractivity contribution < 1.29 is 23.8 Å². The maximum atomic E-state index is 13.0. The number of nitrogens with zero attached hydrogens (tertiary/aromatic N) is 3. The van der Waals surface area contributed by atoms with Crippen molar-refractivity contribution in [3.05, 3.63) is 35.7 Å². The van der Waals surface area contributed by atoms with Crippen LogP contribution in [0.25, 0.3) is 17.1 Å². The van der Waals surface area contributed by atoms with Crippen molar-refractivity contribution in [2.45, 2.75) is 84.6 Å². The number of ether oxygens (including phenoxy) is 3. The SMILES string of the molecule is CCOC(=O)C=Cc1ccc2c(c1)nc(C1CCCN1C(=O)OC(C)(C)C)n2COCC[Si](C)(C)C. The predicted molar refractivity (Wildman–Crippen MR) is 144 cm³/mol. The zero-order valence-corrected chi connectivity index (χ0v) is 23.8. The molecule has 1 aromatic heterocycles. The monoisotopic (exact) mass is 515 g/mol. The summed E-state index contributed by atoms with van der Waals surface area (Å²) < 4.78 is 18.9. The van der Waals surface area contributed by atoms with Crippen molar-refractivity contribution in [1.29, 1.82) is 0 Å². The molecule has 0 spiro atoms. The van der Waals surface area contributed by atoms with Crippen LogP contribution in [0.15, 0.2) is 24.3 Å². The quantitative estimate of drug-likeness (QED) is 0.176. The highest BCUT2D eigenvalue weighted by atomic mass is 28.3. The molecule has 1 atom stereocenters. The molecule has 0 bridgehead atoms. The molecule has 9 heteroatoms. The van der Waals surface area contributed by atoms with E-state index in [9.17, 15) is 9.59 Å². The number of imidazole rings is 1. The molecule has 2 heterocycles. The standard InChI is InChI=1S/C27H41N3O5Si/c1-8-34-24(31)14-12-20-11-13-22-21(18-20)28-25(30(22)19-33-16-17-36(5,6)7)23-10-9-15-29(23)26(32)35-27(2,3)4/h11-14,18,23H,8-10,15-17,19H2,1-7H3. The minimum Gasteiger partial charge on any atom is -0.463 e. The smallest absolute Gasteiger partial charge is 0.410 e. The van der Waals surface area contributed by atoms with E-state index >= 15 is 0 Å². The van der Waals surface area contributed by atoms with E-state index in [1.54, 1.807) is 17.9 Å². The van der Waals surface area contributed by atoms with Crippen LogP contribution in [0.1, 0.15) is 58.0 Å². The van der Waals surface area contributed by atoms with Gasteiger partial charge >= 0.3 is 12.1 Å². The number of amides is 1. The minimum absolute atomic E-state index is 0.189. The number of carbonyl (C=O) groups is 2. The summed E-state index contributed by atoms with van der Waals surface area (Å²) in [5, 5.41) is 0. The van der Waals surface area contributed by atoms with Crippen LogP contribution in [0.5, 0.6) is 0 Å². The number of hydrogen-bond acceptors (Lipinski definition) is 6. The van der Waals surface area contributed by atoms with Gasteiger partial charge in [0, 0.05) is 27.3 Å². The summed E-state index contributed by atoms with van der Waals surface area (Å²) in [5.74, 6) is 0.423. The maximum absolute atomic E-state index is 13.0. The summed E-state index contributed by atoms with van der Waals surface area (Å²) in [6, 6.07) is 6.77. The Kier molecular flexibility index (Phi) is 9.00. The Labute approximate surface area is 215 Å². The van der Waals surface area contributed by atoms with E-state index in [4.69, 9.17) is 19.2 Å². The van der Waals surface area contributed by atoms with Gasteiger partial charge in [-0.25, -0.2) is 14.6 Å². The van der Waals surface area contributed by atoms with Crippen molar-refractivity contribution in [3.63, 3.8) is 0 Å². The number of benzene rings is 1. The Morgan fingerprint density at radius 3 is 2.64 bits per heavy atom. The molecule has 198 valence electrons. The Hall–Kier alpha value is -2.65. The van der Waals surface area contributed by atoms with Crippen molar-refractivity contribution in [2.24, 2.45) is 0 Å². The Morgan fingerprint density at radius 2 is 1.97 bits per heavy atom. The van der Waals surface area contributed by atoms with Crippen molar-refractivity contribution in [2.75, 3.05) is 19.8 Å². The first-order chi connectivity index (χ1) is 16.9. The summed E-state index contributed by atoms with van der Waals surface area (Å²) in [6.07, 6.45) is 4.53. The van der Waals surface area contributed by atoms with Crippen LogP contribution in [-0.4, -0.2) is 59.9 Å². The summed E-state index contributed by atoms with van der Waals surface area (Å²) in [6.45, 7) is 16.4. The molecule has 1 aromatic carbocycles. The van der Waals surface area contributed by atoms with Gasteiger partial charge in [0.2, 0.25) is 0 Å². The number of likely N-dealkylation sites (tertiary alicyclic amines) is 1. The molecule has 0 N–H and O–H groups in total. The third-order valence-electron chi connectivity index (χ3n) is 5.90. The first-order valence-corrected chi connectivity index (χ1v) is 16.5. The largest absolute Gasteiger partial charge is 0.463 e. The summed E-state index contributed by atoms with van der Waals surface area (Å²) >= 11 is 0. The van der Waals surface area contributed by atoms with Gasteiger partial charge in [0.25, 0.3) is 0 Å². The third-order valence-corrected chi connectivity index (χ3v) is 7.60. The topological polar surface area (TPSA) is 82.9 Å². The highest BCUT2D eigenvalue weighted by molar-refractivity contribution is 6.76. The number of fused-ring (bicyclic) bond motifs is 1. The zero-order valence-electron chi connectivity index (χ0n) is 22.8. The van der Waals surface area contributed by atoms with Crippen LogP contribution in [0, 0.1) is 0 Å². The third kappa shape index (κ3) is 7.67. The lowest BCUT2D eigenvalue weighted by Gasteiger charge is -2.28. The number of carbonyl (C=O) groups excluding carboxylic acids is 2. The lowest BCUT2D eigenvalue weighted by atomic mass is 10.2. The number of rotatable bonds is 9. The van der Waals surface area contributed by atoms with Gasteiger partial charge < -0.3 is 18.8 Å². The van der Waals surface area contributed by atoms with Crippen molar-refractivity contribution in [3.8, 4) is 0 Å². The molecule has 2 aromatic rings. The molecular weight excluding hydrogens is 474 g/mol. The normalized spacial score (nSPS) is 16.8. The Morgan fingerprint density at radius 1 is 1.22 bits per heavy atom. The van der Waals surface area contributed by atoms with Crippen LogP contribution in [0.4, 0.5) is 4.79 Å². The summed E-state index contributed by atoms with van der Waals surface area (Å²) in [7, 11) is -1.22. The lowest BCUT2D eigenvalue weighted by molar-refractivity contribution is -0.137. The molecule has 1 saturated heterocycles. The molecule has 1 fully saturated rings. The molecule has 3 rings (SSSR count). The van der Waals surface area contributed by atoms with Gasteiger partial charge in [-0.2, -0.15) is 0 Å².